The molecule has 0 aromatic carbocycles. The van der Waals surface area contributed by atoms with Gasteiger partial charge in [-0.1, -0.05) is 0 Å². The smallest absolute Gasteiger partial charge is 0.177 e. The van der Waals surface area contributed by atoms with E-state index in [9.17, 15) is 0 Å². The fraction of sp³-hybridized carbons (Fsp3) is 0.400. The molecule has 0 unspecified atom stereocenters. The third-order valence-corrected chi connectivity index (χ3v) is 1.61. The Balaban J connectivity index is 2.95. The molecule has 5 nitrogen and oxygen atoms in total. The number of H-pyrrole nitrogens is 1. The lowest BCUT2D eigenvalue weighted by Gasteiger charge is -1.78. The zero-order chi connectivity index (χ0) is 7.14. The van der Waals surface area contributed by atoms with Crippen LogP contribution in [0.1, 0.15) is 11.3 Å². The number of hydrogen-bond donors (Lipinski definition) is 1. The lowest BCUT2D eigenvalue weighted by Crippen LogP contribution is -1.86. The first-order chi connectivity index (χ1) is 4.79. The normalized spacial score (nSPS) is 11.0. The quantitative estimate of drug-likeness (QED) is 0.559. The average Bonchev–Trinajstić information content (AvgIpc) is 2.41. The van der Waals surface area contributed by atoms with E-state index in [4.69, 9.17) is 0 Å². The van der Waals surface area contributed by atoms with Crippen LogP contribution in [0.25, 0.3) is 5.65 Å². The molecule has 0 amide bonds. The second-order valence-corrected chi connectivity index (χ2v) is 2.25. The predicted octanol–water partition coefficient (Wildman–Crippen LogP) is 0.0692. The summed E-state index contributed by atoms with van der Waals surface area (Å²) in [4.78, 5) is 0. The van der Waals surface area contributed by atoms with Gasteiger partial charge >= 0.3 is 0 Å². The van der Waals surface area contributed by atoms with Gasteiger partial charge in [-0.2, -0.15) is 10.3 Å². The number of fused-ring (bicyclic) bond motifs is 1. The van der Waals surface area contributed by atoms with Crippen molar-refractivity contribution < 1.29 is 0 Å². The number of hydrogen-bond acceptors (Lipinski definition) is 3. The number of nitrogens with zero attached hydrogens (tertiary/aromatic N) is 4. The highest BCUT2D eigenvalue weighted by atomic mass is 15.6. The fourth-order valence-electron chi connectivity index (χ4n) is 0.892. The van der Waals surface area contributed by atoms with Crippen molar-refractivity contribution in [1.82, 2.24) is 25.3 Å². The summed E-state index contributed by atoms with van der Waals surface area (Å²) in [7, 11) is 0. The maximum atomic E-state index is 4.11. The summed E-state index contributed by atoms with van der Waals surface area (Å²) in [6.45, 7) is 3.91. The molecular formula is C5H7N5. The van der Waals surface area contributed by atoms with Crippen molar-refractivity contribution in [3.63, 3.8) is 0 Å². The van der Waals surface area contributed by atoms with Crippen LogP contribution in [0.15, 0.2) is 0 Å². The van der Waals surface area contributed by atoms with Gasteiger partial charge in [0, 0.05) is 5.56 Å². The van der Waals surface area contributed by atoms with Gasteiger partial charge in [-0.15, -0.1) is 9.73 Å². The van der Waals surface area contributed by atoms with Crippen LogP contribution < -0.4 is 0 Å². The lowest BCUT2D eigenvalue weighted by atomic mass is 10.3. The van der Waals surface area contributed by atoms with Crippen LogP contribution in [0.2, 0.25) is 0 Å². The van der Waals surface area contributed by atoms with Crippen molar-refractivity contribution in [2.75, 3.05) is 0 Å². The molecule has 0 fully saturated rings. The Bertz CT molecular complexity index is 357. The van der Waals surface area contributed by atoms with E-state index >= 15 is 0 Å². The second-order valence-electron chi connectivity index (χ2n) is 2.25. The van der Waals surface area contributed by atoms with E-state index in [1.54, 1.807) is 4.63 Å². The maximum absolute atomic E-state index is 4.11. The van der Waals surface area contributed by atoms with Crippen LogP contribution in [-0.2, 0) is 0 Å². The van der Waals surface area contributed by atoms with Crippen LogP contribution in [0.3, 0.4) is 0 Å². The molecule has 2 aromatic rings. The van der Waals surface area contributed by atoms with Gasteiger partial charge in [0.05, 0.1) is 5.69 Å². The lowest BCUT2D eigenvalue weighted by molar-refractivity contribution is 0.734. The molecule has 2 aromatic heterocycles. The maximum Gasteiger partial charge on any atom is 0.202 e. The minimum atomic E-state index is 0.803. The monoisotopic (exact) mass is 137 g/mol. The number of aromatic nitrogens is 5. The summed E-state index contributed by atoms with van der Waals surface area (Å²) in [5, 5.41) is 14.2. The van der Waals surface area contributed by atoms with Crippen LogP contribution in [-0.4, -0.2) is 25.3 Å². The van der Waals surface area contributed by atoms with Crippen molar-refractivity contribution in [3.8, 4) is 0 Å². The van der Waals surface area contributed by atoms with E-state index in [2.05, 4.69) is 20.6 Å². The van der Waals surface area contributed by atoms with Gasteiger partial charge in [0.1, 0.15) is 0 Å². The molecule has 0 atom stereocenters. The van der Waals surface area contributed by atoms with Gasteiger partial charge in [0.25, 0.3) is 0 Å². The summed E-state index contributed by atoms with van der Waals surface area (Å²) in [5.74, 6) is 0. The molecule has 52 valence electrons. The number of aromatic amines is 1. The van der Waals surface area contributed by atoms with Crippen molar-refractivity contribution in [2.24, 2.45) is 0 Å². The Morgan fingerprint density at radius 2 is 2.20 bits per heavy atom. The molecule has 0 bridgehead atoms. The van der Waals surface area contributed by atoms with Crippen LogP contribution in [0.5, 0.6) is 0 Å². The Labute approximate surface area is 57.0 Å². The van der Waals surface area contributed by atoms with E-state index in [1.165, 1.54) is 0 Å². The number of rotatable bonds is 0. The fourth-order valence-corrected chi connectivity index (χ4v) is 0.892. The summed E-state index contributed by atoms with van der Waals surface area (Å²) in [6.07, 6.45) is 0. The minimum Gasteiger partial charge on any atom is -0.177 e. The Morgan fingerprint density at radius 3 is 2.90 bits per heavy atom. The highest BCUT2D eigenvalue weighted by molar-refractivity contribution is 5.46. The highest BCUT2D eigenvalue weighted by Crippen LogP contribution is 2.07. The molecule has 1 N–H and O–H groups in total. The molecule has 0 saturated heterocycles. The average molecular weight is 137 g/mol. The van der Waals surface area contributed by atoms with Crippen LogP contribution in [0.4, 0.5) is 0 Å². The van der Waals surface area contributed by atoms with Crippen molar-refractivity contribution in [1.29, 1.82) is 0 Å². The third-order valence-electron chi connectivity index (χ3n) is 1.61. The summed E-state index contributed by atoms with van der Waals surface area (Å²) >= 11 is 0. The first kappa shape index (κ1) is 5.40. The van der Waals surface area contributed by atoms with E-state index in [-0.39, 0.29) is 0 Å². The number of tetrazole rings is 1. The largest absolute Gasteiger partial charge is 0.202 e. The van der Waals surface area contributed by atoms with Crippen molar-refractivity contribution >= 4 is 5.65 Å². The molecule has 0 aliphatic heterocycles. The molecule has 5 heteroatoms. The molecule has 10 heavy (non-hydrogen) atoms. The molecular weight excluding hydrogens is 130 g/mol. The van der Waals surface area contributed by atoms with E-state index in [0.717, 1.165) is 16.9 Å². The topological polar surface area (TPSA) is 58.9 Å². The van der Waals surface area contributed by atoms with E-state index in [0.29, 0.717) is 0 Å². The van der Waals surface area contributed by atoms with Gasteiger partial charge in [0.2, 0.25) is 5.65 Å². The summed E-state index contributed by atoms with van der Waals surface area (Å²) in [5.41, 5.74) is 2.87. The Kier molecular flexibility index (Phi) is 0.841. The highest BCUT2D eigenvalue weighted by Gasteiger charge is 2.05. The van der Waals surface area contributed by atoms with Crippen LogP contribution in [0, 0.1) is 13.8 Å². The zero-order valence-corrected chi connectivity index (χ0v) is 5.79. The third kappa shape index (κ3) is 0.490. The molecule has 0 saturated carbocycles. The van der Waals surface area contributed by atoms with Gasteiger partial charge < -0.3 is 0 Å². The second kappa shape index (κ2) is 1.56. The first-order valence-electron chi connectivity index (χ1n) is 3.02. The van der Waals surface area contributed by atoms with Gasteiger partial charge in [-0.05, 0) is 19.1 Å². The first-order valence-corrected chi connectivity index (χ1v) is 3.02. The number of aryl methyl sites for hydroxylation is 2. The predicted molar refractivity (Wildman–Crippen MR) is 34.6 cm³/mol. The van der Waals surface area contributed by atoms with Gasteiger partial charge in [-0.25, -0.2) is 0 Å². The van der Waals surface area contributed by atoms with Crippen molar-refractivity contribution in [2.45, 2.75) is 13.8 Å². The van der Waals surface area contributed by atoms with Gasteiger partial charge in [-0.3, -0.25) is 0 Å². The molecule has 0 aliphatic carbocycles. The van der Waals surface area contributed by atoms with E-state index < -0.39 is 0 Å². The minimum absolute atomic E-state index is 0.803. The van der Waals surface area contributed by atoms with Crippen molar-refractivity contribution in [3.05, 3.63) is 11.3 Å². The summed E-state index contributed by atoms with van der Waals surface area (Å²) < 4.78 is 1.56. The molecule has 2 rings (SSSR count). The molecule has 0 spiro atoms. The SMILES string of the molecule is Cc1nn2[nH]nnc2c1C. The zero-order valence-electron chi connectivity index (χ0n) is 5.79. The summed E-state index contributed by atoms with van der Waals surface area (Å²) in [6, 6.07) is 0. The molecule has 0 aliphatic rings. The Morgan fingerprint density at radius 1 is 1.40 bits per heavy atom. The Hall–Kier alpha value is -1.39. The van der Waals surface area contributed by atoms with Crippen LogP contribution >= 0.6 is 0 Å². The standard InChI is InChI=1S/C5H7N5/c1-3-4(2)7-10-5(3)6-8-9-10/h1-2H3,(H,6,9). The molecule has 2 heterocycles. The number of nitrogens with one attached hydrogen (secondary N) is 1. The van der Waals surface area contributed by atoms with E-state index in [1.807, 2.05) is 13.8 Å². The van der Waals surface area contributed by atoms with Gasteiger partial charge in [0.15, 0.2) is 0 Å². The molecule has 0 radical (unpaired) electrons.